The van der Waals surface area contributed by atoms with E-state index in [-0.39, 0.29) is 18.9 Å². The van der Waals surface area contributed by atoms with E-state index >= 15 is 0 Å². The van der Waals surface area contributed by atoms with Gasteiger partial charge in [-0.05, 0) is 0 Å². The van der Waals surface area contributed by atoms with Crippen LogP contribution < -0.4 is 18.9 Å². The molecule has 0 aromatic carbocycles. The minimum Gasteiger partial charge on any atom is -0.252 e. The quantitative estimate of drug-likeness (QED) is 0.349. The molecule has 0 heterocycles. The second-order valence-electron chi connectivity index (χ2n) is 6.19. The molecule has 0 spiro atoms. The van der Waals surface area contributed by atoms with Crippen molar-refractivity contribution in [2.45, 2.75) is 72.9 Å². The van der Waals surface area contributed by atoms with E-state index in [1.807, 2.05) is 0 Å². The van der Waals surface area contributed by atoms with Gasteiger partial charge in [-0.25, -0.2) is 12.5 Å². The summed E-state index contributed by atoms with van der Waals surface area (Å²) >= 11 is 0. The minimum absolute atomic E-state index is 0. The number of hydrogen-bond acceptors (Lipinski definition) is 0. The molecule has 2 heteroatoms. The van der Waals surface area contributed by atoms with Crippen molar-refractivity contribution in [1.29, 1.82) is 0 Å². The van der Waals surface area contributed by atoms with E-state index in [4.69, 9.17) is 0 Å². The molecule has 0 aliphatic rings. The maximum absolute atomic E-state index is 2.45. The largest absolute Gasteiger partial charge is 1.00 e. The maximum atomic E-state index is 2.45. The molecule has 0 aliphatic carbocycles. The van der Waals surface area contributed by atoms with Crippen LogP contribution in [0.1, 0.15) is 61.3 Å². The normalized spacial score (nSPS) is 14.7. The zero-order valence-electron chi connectivity index (χ0n) is 14.0. The first kappa shape index (κ1) is 20.6. The van der Waals surface area contributed by atoms with Crippen molar-refractivity contribution in [1.82, 2.24) is 0 Å². The predicted molar refractivity (Wildman–Crippen MR) is 82.6 cm³/mol. The molecule has 0 aromatic rings. The van der Waals surface area contributed by atoms with E-state index in [0.717, 1.165) is 23.5 Å². The Morgan fingerprint density at radius 1 is 0.944 bits per heavy atom. The Morgan fingerprint density at radius 2 is 1.39 bits per heavy atom. The van der Waals surface area contributed by atoms with Gasteiger partial charge in [0.05, 0.1) is 6.71 Å². The molecular weight excluding hydrogens is 210 g/mol. The van der Waals surface area contributed by atoms with Crippen molar-refractivity contribution < 1.29 is 18.9 Å². The van der Waals surface area contributed by atoms with Crippen LogP contribution in [0.4, 0.5) is 0 Å². The van der Waals surface area contributed by atoms with Crippen LogP contribution >= 0.6 is 0 Å². The molecular formula is C16H32BLi. The fourth-order valence-corrected chi connectivity index (χ4v) is 2.19. The first-order chi connectivity index (χ1) is 7.91. The predicted octanol–water partition coefficient (Wildman–Crippen LogP) is 2.68. The van der Waals surface area contributed by atoms with Gasteiger partial charge in [-0.1, -0.05) is 78.4 Å². The Morgan fingerprint density at radius 3 is 1.72 bits per heavy atom. The minimum atomic E-state index is 0. The maximum Gasteiger partial charge on any atom is 1.00 e. The third kappa shape index (κ3) is 7.65. The molecule has 18 heavy (non-hydrogen) atoms. The molecule has 0 rings (SSSR count). The van der Waals surface area contributed by atoms with Crippen molar-refractivity contribution in [3.63, 3.8) is 0 Å². The van der Waals surface area contributed by atoms with Crippen LogP contribution in [0.2, 0.25) is 11.6 Å². The average Bonchev–Trinajstić information content (AvgIpc) is 2.27. The van der Waals surface area contributed by atoms with Crippen LogP contribution in [0, 0.1) is 18.3 Å². The van der Waals surface area contributed by atoms with Crippen LogP contribution in [0.25, 0.3) is 0 Å². The van der Waals surface area contributed by atoms with Gasteiger partial charge in [-0.15, -0.1) is 6.42 Å². The van der Waals surface area contributed by atoms with Gasteiger partial charge in [0.25, 0.3) is 0 Å². The Labute approximate surface area is 129 Å². The van der Waals surface area contributed by atoms with E-state index in [9.17, 15) is 0 Å². The number of hydrogen-bond donors (Lipinski definition) is 0. The van der Waals surface area contributed by atoms with Crippen molar-refractivity contribution in [2.75, 3.05) is 0 Å². The molecule has 0 saturated carbocycles. The summed E-state index contributed by atoms with van der Waals surface area (Å²) in [4.78, 5) is 0. The fourth-order valence-electron chi connectivity index (χ4n) is 2.19. The van der Waals surface area contributed by atoms with Crippen LogP contribution in [0.15, 0.2) is 12.1 Å². The Bertz CT molecular complexity index is 197. The summed E-state index contributed by atoms with van der Waals surface area (Å²) in [7, 11) is 0. The molecule has 0 aromatic heterocycles. The van der Waals surface area contributed by atoms with E-state index in [0.29, 0.717) is 6.71 Å². The second-order valence-corrected chi connectivity index (χ2v) is 6.19. The van der Waals surface area contributed by atoms with Gasteiger partial charge in [0.1, 0.15) is 0 Å². The molecule has 0 bridgehead atoms. The van der Waals surface area contributed by atoms with E-state index in [2.05, 4.69) is 66.9 Å². The third-order valence-electron chi connectivity index (χ3n) is 4.24. The van der Waals surface area contributed by atoms with Gasteiger partial charge in [-0.2, -0.15) is 0 Å². The zero-order chi connectivity index (χ0) is 13.4. The van der Waals surface area contributed by atoms with Gasteiger partial charge in [-0.3, -0.25) is 5.98 Å². The smallest absolute Gasteiger partial charge is 0.252 e. The average molecular weight is 242 g/mol. The number of rotatable bonds is 8. The van der Waals surface area contributed by atoms with Gasteiger partial charge in [0.15, 0.2) is 0 Å². The molecule has 2 atom stereocenters. The first-order valence-electron chi connectivity index (χ1n) is 7.41. The number of allylic oxidation sites excluding steroid dienone is 1. The SMILES string of the molecule is CCC[CH-]/C=C/B(C(C)C(C)C)C(C)C(C)C.[Li+]. The van der Waals surface area contributed by atoms with Crippen LogP contribution in [0.3, 0.4) is 0 Å². The summed E-state index contributed by atoms with van der Waals surface area (Å²) in [5.74, 6) is 5.50. The Kier molecular flexibility index (Phi) is 12.7. The summed E-state index contributed by atoms with van der Waals surface area (Å²) in [6.45, 7) is 17.1. The summed E-state index contributed by atoms with van der Waals surface area (Å²) in [5.41, 5.74) is 0. The van der Waals surface area contributed by atoms with Gasteiger partial charge in [0.2, 0.25) is 0 Å². The molecule has 0 fully saturated rings. The van der Waals surface area contributed by atoms with Gasteiger partial charge < -0.3 is 0 Å². The van der Waals surface area contributed by atoms with Crippen molar-refractivity contribution in [3.05, 3.63) is 18.5 Å². The topological polar surface area (TPSA) is 0 Å². The standard InChI is InChI=1S/C16H32B.Li/c1-8-9-10-11-12-17(15(6)13(2)3)16(7)14(4)5;/h10-16H,8-9H2,1-7H3;/q-1;+1/b12-11+;. The monoisotopic (exact) mass is 242 g/mol. The molecule has 0 amide bonds. The van der Waals surface area contributed by atoms with Gasteiger partial charge >= 0.3 is 18.9 Å². The molecule has 0 N–H and O–H groups in total. The fraction of sp³-hybridized carbons (Fsp3) is 0.812. The van der Waals surface area contributed by atoms with Crippen LogP contribution in [-0.2, 0) is 0 Å². The van der Waals surface area contributed by atoms with Crippen molar-refractivity contribution >= 4 is 6.71 Å². The van der Waals surface area contributed by atoms with Crippen molar-refractivity contribution in [3.8, 4) is 0 Å². The zero-order valence-corrected chi connectivity index (χ0v) is 14.0. The van der Waals surface area contributed by atoms with Crippen molar-refractivity contribution in [2.24, 2.45) is 11.8 Å². The molecule has 0 nitrogen and oxygen atoms in total. The third-order valence-corrected chi connectivity index (χ3v) is 4.24. The Hall–Kier alpha value is 0.272. The number of unbranched alkanes of at least 4 members (excludes halogenated alkanes) is 2. The van der Waals surface area contributed by atoms with E-state index in [1.165, 1.54) is 12.8 Å². The molecule has 0 radical (unpaired) electrons. The van der Waals surface area contributed by atoms with Gasteiger partial charge in [0, 0.05) is 0 Å². The summed E-state index contributed by atoms with van der Waals surface area (Å²) in [6, 6.07) is 0. The molecule has 0 aliphatic heterocycles. The summed E-state index contributed by atoms with van der Waals surface area (Å²) in [6.07, 6.45) is 7.06. The summed E-state index contributed by atoms with van der Waals surface area (Å²) in [5, 5.41) is 0. The van der Waals surface area contributed by atoms with Crippen LogP contribution in [0.5, 0.6) is 0 Å². The Balaban J connectivity index is 0. The molecule has 100 valence electrons. The second kappa shape index (κ2) is 11.1. The van der Waals surface area contributed by atoms with E-state index < -0.39 is 0 Å². The molecule has 2 unspecified atom stereocenters. The summed E-state index contributed by atoms with van der Waals surface area (Å²) < 4.78 is 0. The van der Waals surface area contributed by atoms with Crippen LogP contribution in [-0.4, -0.2) is 6.71 Å². The first-order valence-corrected chi connectivity index (χ1v) is 7.41. The van der Waals surface area contributed by atoms with E-state index in [1.54, 1.807) is 0 Å². The molecule has 0 saturated heterocycles.